The van der Waals surface area contributed by atoms with E-state index >= 15 is 0 Å². The van der Waals surface area contributed by atoms with Crippen molar-refractivity contribution < 1.29 is 4.39 Å². The number of rotatable bonds is 3. The van der Waals surface area contributed by atoms with E-state index in [2.05, 4.69) is 10.1 Å². The first-order valence-corrected chi connectivity index (χ1v) is 8.09. The van der Waals surface area contributed by atoms with E-state index in [-0.39, 0.29) is 5.82 Å². The van der Waals surface area contributed by atoms with Crippen LogP contribution in [0.1, 0.15) is 11.3 Å². The van der Waals surface area contributed by atoms with Crippen molar-refractivity contribution in [2.45, 2.75) is 6.92 Å². The van der Waals surface area contributed by atoms with Crippen molar-refractivity contribution in [3.05, 3.63) is 68.3 Å². The molecule has 0 saturated carbocycles. The van der Waals surface area contributed by atoms with Crippen LogP contribution in [0, 0.1) is 12.7 Å². The highest BCUT2D eigenvalue weighted by Crippen LogP contribution is 2.16. The van der Waals surface area contributed by atoms with Gasteiger partial charge < -0.3 is 0 Å². The average Bonchev–Trinajstić information content (AvgIpc) is 3.10. The molecule has 6 heteroatoms. The fourth-order valence-electron chi connectivity index (χ4n) is 1.72. The van der Waals surface area contributed by atoms with Gasteiger partial charge in [-0.25, -0.2) is 14.1 Å². The summed E-state index contributed by atoms with van der Waals surface area (Å²) in [4.78, 5) is 5.00. The standard InChI is InChI=1S/C15H12FN3S2/c1-11-9-21-15(18-14-5-3-2-4-13(14)16)19(11)17-8-12-6-7-20-10-12/h2-10H,1H3/b17-8-,18-15?. The molecule has 0 radical (unpaired) electrons. The Bertz CT molecular complexity index is 829. The number of hydrogen-bond donors (Lipinski definition) is 0. The summed E-state index contributed by atoms with van der Waals surface area (Å²) in [6.45, 7) is 1.95. The van der Waals surface area contributed by atoms with Crippen LogP contribution in [0.3, 0.4) is 0 Å². The maximum atomic E-state index is 13.7. The van der Waals surface area contributed by atoms with Crippen molar-refractivity contribution in [3.8, 4) is 0 Å². The van der Waals surface area contributed by atoms with Crippen molar-refractivity contribution in [2.75, 3.05) is 0 Å². The molecule has 0 atom stereocenters. The SMILES string of the molecule is Cc1csc(=Nc2ccccc2F)n1/N=C\c1ccsc1. The fraction of sp³-hybridized carbons (Fsp3) is 0.0667. The molecule has 1 aromatic carbocycles. The molecular weight excluding hydrogens is 305 g/mol. The van der Waals surface area contributed by atoms with Crippen LogP contribution in [0.15, 0.2) is 56.6 Å². The summed E-state index contributed by atoms with van der Waals surface area (Å²) < 4.78 is 15.4. The van der Waals surface area contributed by atoms with E-state index < -0.39 is 0 Å². The molecule has 0 spiro atoms. The lowest BCUT2D eigenvalue weighted by Gasteiger charge is -1.98. The van der Waals surface area contributed by atoms with Gasteiger partial charge in [-0.15, -0.1) is 11.3 Å². The van der Waals surface area contributed by atoms with Crippen molar-refractivity contribution in [1.29, 1.82) is 0 Å². The van der Waals surface area contributed by atoms with Crippen LogP contribution in [0.4, 0.5) is 10.1 Å². The molecule has 0 N–H and O–H groups in total. The van der Waals surface area contributed by atoms with Crippen LogP contribution in [-0.2, 0) is 0 Å². The van der Waals surface area contributed by atoms with Gasteiger partial charge in [0.2, 0.25) is 4.80 Å². The number of hydrogen-bond acceptors (Lipinski definition) is 4. The molecule has 2 aromatic heterocycles. The molecule has 3 aromatic rings. The van der Waals surface area contributed by atoms with E-state index in [1.165, 1.54) is 17.4 Å². The molecule has 0 saturated heterocycles. The lowest BCUT2D eigenvalue weighted by molar-refractivity contribution is 0.628. The summed E-state index contributed by atoms with van der Waals surface area (Å²) in [7, 11) is 0. The quantitative estimate of drug-likeness (QED) is 0.649. The second kappa shape index (κ2) is 6.15. The Labute approximate surface area is 129 Å². The number of nitrogens with zero attached hydrogens (tertiary/aromatic N) is 3. The van der Waals surface area contributed by atoms with Crippen LogP contribution in [0.5, 0.6) is 0 Å². The zero-order chi connectivity index (χ0) is 14.7. The number of halogens is 1. The van der Waals surface area contributed by atoms with Gasteiger partial charge in [0.1, 0.15) is 11.5 Å². The molecule has 0 fully saturated rings. The van der Waals surface area contributed by atoms with Gasteiger partial charge in [-0.3, -0.25) is 0 Å². The van der Waals surface area contributed by atoms with Crippen molar-refractivity contribution in [1.82, 2.24) is 4.68 Å². The van der Waals surface area contributed by atoms with Gasteiger partial charge in [-0.1, -0.05) is 12.1 Å². The lowest BCUT2D eigenvalue weighted by Crippen LogP contribution is -2.11. The van der Waals surface area contributed by atoms with E-state index in [1.807, 2.05) is 29.1 Å². The summed E-state index contributed by atoms with van der Waals surface area (Å²) >= 11 is 3.05. The third-order valence-corrected chi connectivity index (χ3v) is 4.42. The third kappa shape index (κ3) is 3.17. The van der Waals surface area contributed by atoms with Gasteiger partial charge in [0, 0.05) is 10.9 Å². The average molecular weight is 317 g/mol. The van der Waals surface area contributed by atoms with Gasteiger partial charge in [0.15, 0.2) is 0 Å². The molecule has 21 heavy (non-hydrogen) atoms. The Morgan fingerprint density at radius 1 is 1.19 bits per heavy atom. The molecule has 0 amide bonds. The van der Waals surface area contributed by atoms with E-state index in [0.29, 0.717) is 10.5 Å². The smallest absolute Gasteiger partial charge is 0.211 e. The van der Waals surface area contributed by atoms with Crippen molar-refractivity contribution in [3.63, 3.8) is 0 Å². The first-order valence-electron chi connectivity index (χ1n) is 6.27. The highest BCUT2D eigenvalue weighted by molar-refractivity contribution is 7.08. The maximum absolute atomic E-state index is 13.7. The molecule has 0 aliphatic heterocycles. The molecule has 0 aliphatic carbocycles. The van der Waals surface area contributed by atoms with Crippen LogP contribution >= 0.6 is 22.7 Å². The van der Waals surface area contributed by atoms with Crippen LogP contribution in [0.25, 0.3) is 0 Å². The second-order valence-corrected chi connectivity index (χ2v) is 5.95. The minimum Gasteiger partial charge on any atom is -0.217 e. The summed E-state index contributed by atoms with van der Waals surface area (Å²) in [5.74, 6) is -0.336. The fourth-order valence-corrected chi connectivity index (χ4v) is 3.15. The number of aryl methyl sites for hydroxylation is 1. The molecule has 2 heterocycles. The monoisotopic (exact) mass is 317 g/mol. The Kier molecular flexibility index (Phi) is 4.08. The van der Waals surface area contributed by atoms with Gasteiger partial charge in [0.25, 0.3) is 0 Å². The highest BCUT2D eigenvalue weighted by Gasteiger charge is 2.02. The Morgan fingerprint density at radius 2 is 2.05 bits per heavy atom. The highest BCUT2D eigenvalue weighted by atomic mass is 32.1. The summed E-state index contributed by atoms with van der Waals surface area (Å²) in [5, 5.41) is 10.4. The Hall–Kier alpha value is -2.05. The predicted octanol–water partition coefficient (Wildman–Crippen LogP) is 4.17. The largest absolute Gasteiger partial charge is 0.217 e. The number of para-hydroxylation sites is 1. The molecular formula is C15H12FN3S2. The van der Waals surface area contributed by atoms with Gasteiger partial charge in [-0.05, 0) is 35.9 Å². The molecule has 3 nitrogen and oxygen atoms in total. The summed E-state index contributed by atoms with van der Waals surface area (Å²) in [5.41, 5.74) is 2.32. The minimum atomic E-state index is -0.336. The number of thiophene rings is 1. The number of benzene rings is 1. The molecule has 3 rings (SSSR count). The summed E-state index contributed by atoms with van der Waals surface area (Å²) in [6, 6.07) is 8.46. The topological polar surface area (TPSA) is 29.6 Å². The first-order chi connectivity index (χ1) is 10.2. The molecule has 0 aliphatic rings. The third-order valence-electron chi connectivity index (χ3n) is 2.78. The second-order valence-electron chi connectivity index (χ2n) is 4.34. The van der Waals surface area contributed by atoms with E-state index in [1.54, 1.807) is 40.4 Å². The normalized spacial score (nSPS) is 12.4. The zero-order valence-electron chi connectivity index (χ0n) is 11.2. The number of aromatic nitrogens is 1. The first kappa shape index (κ1) is 13.9. The zero-order valence-corrected chi connectivity index (χ0v) is 12.9. The van der Waals surface area contributed by atoms with Crippen molar-refractivity contribution >= 4 is 34.6 Å². The maximum Gasteiger partial charge on any atom is 0.211 e. The van der Waals surface area contributed by atoms with Gasteiger partial charge in [-0.2, -0.15) is 16.4 Å². The molecule has 0 unspecified atom stereocenters. The lowest BCUT2D eigenvalue weighted by atomic mass is 10.3. The predicted molar refractivity (Wildman–Crippen MR) is 86.0 cm³/mol. The van der Waals surface area contributed by atoms with Crippen LogP contribution < -0.4 is 4.80 Å². The van der Waals surface area contributed by atoms with E-state index in [9.17, 15) is 4.39 Å². The minimum absolute atomic E-state index is 0.318. The summed E-state index contributed by atoms with van der Waals surface area (Å²) in [6.07, 6.45) is 1.77. The van der Waals surface area contributed by atoms with Crippen molar-refractivity contribution in [2.24, 2.45) is 10.1 Å². The van der Waals surface area contributed by atoms with Crippen LogP contribution in [-0.4, -0.2) is 10.9 Å². The molecule has 106 valence electrons. The van der Waals surface area contributed by atoms with Crippen LogP contribution in [0.2, 0.25) is 0 Å². The van der Waals surface area contributed by atoms with Gasteiger partial charge in [0.05, 0.1) is 11.9 Å². The number of thiazole rings is 1. The molecule has 0 bridgehead atoms. The van der Waals surface area contributed by atoms with E-state index in [4.69, 9.17) is 0 Å². The van der Waals surface area contributed by atoms with Gasteiger partial charge >= 0.3 is 0 Å². The Morgan fingerprint density at radius 3 is 2.81 bits per heavy atom. The Balaban J connectivity index is 2.03. The van der Waals surface area contributed by atoms with E-state index in [0.717, 1.165) is 11.3 Å².